The van der Waals surface area contributed by atoms with Crippen molar-refractivity contribution in [3.8, 4) is 0 Å². The van der Waals surface area contributed by atoms with Crippen molar-refractivity contribution < 1.29 is 9.59 Å². The van der Waals surface area contributed by atoms with Crippen LogP contribution >= 0.6 is 12.4 Å². The molecule has 27 heavy (non-hydrogen) atoms. The Labute approximate surface area is 165 Å². The van der Waals surface area contributed by atoms with Gasteiger partial charge in [-0.15, -0.1) is 12.4 Å². The van der Waals surface area contributed by atoms with Crippen LogP contribution in [0.1, 0.15) is 48.1 Å². The van der Waals surface area contributed by atoms with Gasteiger partial charge in [-0.1, -0.05) is 26.8 Å². The van der Waals surface area contributed by atoms with E-state index in [1.54, 1.807) is 6.07 Å². The number of hydrogen-bond donors (Lipinski definition) is 4. The summed E-state index contributed by atoms with van der Waals surface area (Å²) < 4.78 is 0. The lowest BCUT2D eigenvalue weighted by Gasteiger charge is -2.18. The van der Waals surface area contributed by atoms with Gasteiger partial charge in [0.05, 0.1) is 0 Å². The summed E-state index contributed by atoms with van der Waals surface area (Å²) in [7, 11) is 0. The molecule has 4 N–H and O–H groups in total. The molecule has 0 saturated heterocycles. The first-order valence-electron chi connectivity index (χ1n) is 8.76. The number of amides is 2. The minimum atomic E-state index is -0.491. The lowest BCUT2D eigenvalue weighted by Crippen LogP contribution is -2.27. The molecule has 0 aliphatic carbocycles. The minimum Gasteiger partial charge on any atom is -0.326 e. The molecule has 0 radical (unpaired) electrons. The zero-order valence-electron chi connectivity index (χ0n) is 16.0. The van der Waals surface area contributed by atoms with Crippen LogP contribution < -0.4 is 16.0 Å². The van der Waals surface area contributed by atoms with Gasteiger partial charge in [0.15, 0.2) is 5.69 Å². The van der Waals surface area contributed by atoms with Gasteiger partial charge >= 0.3 is 0 Å². The van der Waals surface area contributed by atoms with Crippen LogP contribution in [0.5, 0.6) is 0 Å². The number of benzene rings is 1. The summed E-state index contributed by atoms with van der Waals surface area (Å²) in [6, 6.07) is 5.47. The summed E-state index contributed by atoms with van der Waals surface area (Å²) in [6.07, 6.45) is 0.836. The summed E-state index contributed by atoms with van der Waals surface area (Å²) >= 11 is 0. The lowest BCUT2D eigenvalue weighted by atomic mass is 9.95. The van der Waals surface area contributed by atoms with Crippen LogP contribution in [0.2, 0.25) is 0 Å². The maximum atomic E-state index is 12.7. The van der Waals surface area contributed by atoms with Crippen molar-refractivity contribution in [1.29, 1.82) is 0 Å². The smallest absolute Gasteiger partial charge is 0.276 e. The van der Waals surface area contributed by atoms with E-state index in [1.807, 2.05) is 39.8 Å². The van der Waals surface area contributed by atoms with Gasteiger partial charge in [0.25, 0.3) is 5.91 Å². The molecule has 2 heterocycles. The second kappa shape index (κ2) is 8.10. The van der Waals surface area contributed by atoms with Crippen LogP contribution in [-0.2, 0) is 17.8 Å². The number of hydrogen-bond acceptors (Lipinski definition) is 4. The number of aromatic nitrogens is 2. The van der Waals surface area contributed by atoms with E-state index in [-0.39, 0.29) is 24.2 Å². The third-order valence-electron chi connectivity index (χ3n) is 4.45. The zero-order chi connectivity index (χ0) is 18.9. The van der Waals surface area contributed by atoms with Gasteiger partial charge in [-0.05, 0) is 24.6 Å². The van der Waals surface area contributed by atoms with Gasteiger partial charge in [-0.25, -0.2) is 0 Å². The highest BCUT2D eigenvalue weighted by Gasteiger charge is 2.23. The van der Waals surface area contributed by atoms with Crippen molar-refractivity contribution in [2.24, 2.45) is 5.41 Å². The van der Waals surface area contributed by atoms with Crippen LogP contribution in [0.4, 0.5) is 11.4 Å². The average Bonchev–Trinajstić information content (AvgIpc) is 3.01. The molecule has 0 atom stereocenters. The number of carbonyl (C=O) groups is 2. The average molecular weight is 392 g/mol. The normalized spacial score (nSPS) is 13.3. The Morgan fingerprint density at radius 2 is 1.93 bits per heavy atom. The highest BCUT2D eigenvalue weighted by molar-refractivity contribution is 6.05. The van der Waals surface area contributed by atoms with Crippen molar-refractivity contribution >= 4 is 35.6 Å². The SMILES string of the molecule is Cc1ccc(NC(=O)C(C)(C)C)cc1NC(=O)c1n[nH]c2c1CNCC2.Cl. The second-order valence-electron chi connectivity index (χ2n) is 7.64. The molecule has 8 heteroatoms. The Morgan fingerprint density at radius 3 is 2.63 bits per heavy atom. The van der Waals surface area contributed by atoms with Gasteiger partial charge < -0.3 is 16.0 Å². The second-order valence-corrected chi connectivity index (χ2v) is 7.64. The molecular weight excluding hydrogens is 366 g/mol. The predicted molar refractivity (Wildman–Crippen MR) is 108 cm³/mol. The summed E-state index contributed by atoms with van der Waals surface area (Å²) in [6.45, 7) is 8.99. The molecular formula is C19H26ClN5O2. The number of aromatic amines is 1. The summed E-state index contributed by atoms with van der Waals surface area (Å²) in [4.78, 5) is 24.9. The van der Waals surface area contributed by atoms with E-state index in [0.717, 1.165) is 29.8 Å². The molecule has 146 valence electrons. The third kappa shape index (κ3) is 4.67. The van der Waals surface area contributed by atoms with Crippen LogP contribution in [-0.4, -0.2) is 28.6 Å². The third-order valence-corrected chi connectivity index (χ3v) is 4.45. The van der Waals surface area contributed by atoms with E-state index < -0.39 is 5.41 Å². The van der Waals surface area contributed by atoms with Crippen molar-refractivity contribution in [3.63, 3.8) is 0 Å². The van der Waals surface area contributed by atoms with Gasteiger partial charge in [0.2, 0.25) is 5.91 Å². The maximum absolute atomic E-state index is 12.7. The van der Waals surface area contributed by atoms with E-state index in [2.05, 4.69) is 26.1 Å². The lowest BCUT2D eigenvalue weighted by molar-refractivity contribution is -0.123. The monoisotopic (exact) mass is 391 g/mol. The van der Waals surface area contributed by atoms with E-state index in [9.17, 15) is 9.59 Å². The Morgan fingerprint density at radius 1 is 1.19 bits per heavy atom. The van der Waals surface area contributed by atoms with E-state index >= 15 is 0 Å². The molecule has 0 fully saturated rings. The fourth-order valence-corrected chi connectivity index (χ4v) is 2.75. The Kier molecular flexibility index (Phi) is 6.28. The number of aryl methyl sites for hydroxylation is 1. The highest BCUT2D eigenvalue weighted by Crippen LogP contribution is 2.24. The van der Waals surface area contributed by atoms with E-state index in [1.165, 1.54) is 0 Å². The molecule has 0 bridgehead atoms. The van der Waals surface area contributed by atoms with Crippen LogP contribution in [0.15, 0.2) is 18.2 Å². The van der Waals surface area contributed by atoms with Crippen LogP contribution in [0.25, 0.3) is 0 Å². The molecule has 0 spiro atoms. The Bertz CT molecular complexity index is 854. The number of nitrogens with zero attached hydrogens (tertiary/aromatic N) is 1. The first-order chi connectivity index (χ1) is 12.3. The number of anilines is 2. The van der Waals surface area contributed by atoms with Gasteiger partial charge in [-0.2, -0.15) is 5.10 Å². The summed E-state index contributed by atoms with van der Waals surface area (Å²) in [5.74, 6) is -0.334. The van der Waals surface area contributed by atoms with Crippen molar-refractivity contribution in [1.82, 2.24) is 15.5 Å². The topological polar surface area (TPSA) is 98.9 Å². The number of halogens is 1. The van der Waals surface area contributed by atoms with Crippen LogP contribution in [0.3, 0.4) is 0 Å². The number of H-pyrrole nitrogens is 1. The standard InChI is InChI=1S/C19H25N5O2.ClH/c1-11-5-6-12(21-18(26)19(2,3)4)9-15(11)22-17(25)16-13-10-20-8-7-14(13)23-24-16;/h5-6,9,20H,7-8,10H2,1-4H3,(H,21,26)(H,22,25)(H,23,24);1H. The maximum Gasteiger partial charge on any atom is 0.276 e. The number of fused-ring (bicyclic) bond motifs is 1. The molecule has 3 rings (SSSR count). The molecule has 2 aromatic rings. The Balaban J connectivity index is 0.00000261. The minimum absolute atomic E-state index is 0. The first-order valence-corrected chi connectivity index (χ1v) is 8.76. The molecule has 2 amide bonds. The van der Waals surface area contributed by atoms with Gasteiger partial charge in [0, 0.05) is 47.6 Å². The molecule has 1 aromatic heterocycles. The summed E-state index contributed by atoms with van der Waals surface area (Å²) in [5.41, 5.74) is 4.07. The number of carbonyl (C=O) groups excluding carboxylic acids is 2. The molecule has 1 aliphatic rings. The van der Waals surface area contributed by atoms with Crippen molar-refractivity contribution in [2.75, 3.05) is 17.2 Å². The van der Waals surface area contributed by atoms with Gasteiger partial charge in [-0.3, -0.25) is 14.7 Å². The van der Waals surface area contributed by atoms with Gasteiger partial charge in [0.1, 0.15) is 0 Å². The van der Waals surface area contributed by atoms with E-state index in [4.69, 9.17) is 0 Å². The molecule has 0 saturated carbocycles. The van der Waals surface area contributed by atoms with E-state index in [0.29, 0.717) is 23.6 Å². The number of rotatable bonds is 3. The number of nitrogens with one attached hydrogen (secondary N) is 4. The zero-order valence-corrected chi connectivity index (χ0v) is 16.8. The largest absolute Gasteiger partial charge is 0.326 e. The molecule has 1 aliphatic heterocycles. The molecule has 0 unspecified atom stereocenters. The predicted octanol–water partition coefficient (Wildman–Crippen LogP) is 3.02. The Hall–Kier alpha value is -2.38. The fraction of sp³-hybridized carbons (Fsp3) is 0.421. The highest BCUT2D eigenvalue weighted by atomic mass is 35.5. The van der Waals surface area contributed by atoms with Crippen molar-refractivity contribution in [3.05, 3.63) is 40.7 Å². The van der Waals surface area contributed by atoms with Crippen LogP contribution in [0, 0.1) is 12.3 Å². The molecule has 1 aromatic carbocycles. The fourth-order valence-electron chi connectivity index (χ4n) is 2.75. The molecule has 7 nitrogen and oxygen atoms in total. The van der Waals surface area contributed by atoms with Crippen molar-refractivity contribution in [2.45, 2.75) is 40.7 Å². The summed E-state index contributed by atoms with van der Waals surface area (Å²) in [5, 5.41) is 16.2. The quantitative estimate of drug-likeness (QED) is 0.646. The first kappa shape index (κ1) is 20.9.